The molecule has 2 fully saturated rings. The van der Waals surface area contributed by atoms with Crippen LogP contribution in [0, 0.1) is 11.8 Å². The number of carbonyl (C=O) groups is 2. The lowest BCUT2D eigenvalue weighted by molar-refractivity contribution is -0.137. The maximum absolute atomic E-state index is 11.6. The highest BCUT2D eigenvalue weighted by Gasteiger charge is 2.34. The molecule has 0 atom stereocenters. The Balaban J connectivity index is 2.35. The Morgan fingerprint density at radius 3 is 1.25 bits per heavy atom. The largest absolute Gasteiger partial charge is 0.478 e. The lowest BCUT2D eigenvalue weighted by atomic mass is 9.81. The van der Waals surface area contributed by atoms with Crippen LogP contribution in [-0.4, -0.2) is 48.6 Å². The summed E-state index contributed by atoms with van der Waals surface area (Å²) >= 11 is 0. The summed E-state index contributed by atoms with van der Waals surface area (Å²) in [5, 5.41) is 19.0. The molecule has 2 aliphatic heterocycles. The van der Waals surface area contributed by atoms with E-state index >= 15 is 0 Å². The highest BCUT2D eigenvalue weighted by atomic mass is 16.5. The van der Waals surface area contributed by atoms with E-state index < -0.39 is 11.9 Å². The van der Waals surface area contributed by atoms with Gasteiger partial charge in [-0.1, -0.05) is 0 Å². The van der Waals surface area contributed by atoms with Crippen LogP contribution in [0.3, 0.4) is 0 Å². The third-order valence-electron chi connectivity index (χ3n) is 4.01. The van der Waals surface area contributed by atoms with Gasteiger partial charge in [0.25, 0.3) is 0 Å². The molecule has 0 bridgehead atoms. The van der Waals surface area contributed by atoms with Gasteiger partial charge in [-0.2, -0.15) is 0 Å². The topological polar surface area (TPSA) is 93.1 Å². The molecule has 20 heavy (non-hydrogen) atoms. The third-order valence-corrected chi connectivity index (χ3v) is 4.01. The van der Waals surface area contributed by atoms with E-state index in [2.05, 4.69) is 0 Å². The zero-order valence-corrected chi connectivity index (χ0v) is 11.3. The fourth-order valence-corrected chi connectivity index (χ4v) is 2.99. The molecule has 0 aliphatic carbocycles. The second-order valence-electron chi connectivity index (χ2n) is 5.21. The summed E-state index contributed by atoms with van der Waals surface area (Å²) in [6.45, 7) is 1.95. The molecule has 0 aromatic heterocycles. The minimum Gasteiger partial charge on any atom is -0.478 e. The molecule has 0 radical (unpaired) electrons. The molecule has 0 amide bonds. The van der Waals surface area contributed by atoms with Crippen molar-refractivity contribution < 1.29 is 29.3 Å². The molecule has 2 heterocycles. The molecular formula is C14H20O6. The van der Waals surface area contributed by atoms with Crippen LogP contribution >= 0.6 is 0 Å². The average molecular weight is 284 g/mol. The molecule has 0 aromatic carbocycles. The molecule has 2 N–H and O–H groups in total. The van der Waals surface area contributed by atoms with Gasteiger partial charge in [0.2, 0.25) is 0 Å². The van der Waals surface area contributed by atoms with Crippen LogP contribution in [0.5, 0.6) is 0 Å². The third kappa shape index (κ3) is 3.37. The summed E-state index contributed by atoms with van der Waals surface area (Å²) in [6, 6.07) is 0. The van der Waals surface area contributed by atoms with Gasteiger partial charge < -0.3 is 19.7 Å². The predicted octanol–water partition coefficient (Wildman–Crippen LogP) is 1.31. The van der Waals surface area contributed by atoms with E-state index in [0.717, 1.165) is 0 Å². The molecule has 0 unspecified atom stereocenters. The first kappa shape index (κ1) is 15.0. The molecule has 2 saturated heterocycles. The smallest absolute Gasteiger partial charge is 0.332 e. The zero-order chi connectivity index (χ0) is 14.5. The lowest BCUT2D eigenvalue weighted by Gasteiger charge is -2.28. The van der Waals surface area contributed by atoms with Crippen LogP contribution in [0.15, 0.2) is 11.1 Å². The Bertz CT molecular complexity index is 364. The van der Waals surface area contributed by atoms with Gasteiger partial charge in [0.15, 0.2) is 0 Å². The summed E-state index contributed by atoms with van der Waals surface area (Å²) in [5.74, 6) is -2.67. The van der Waals surface area contributed by atoms with Crippen LogP contribution in [0.2, 0.25) is 0 Å². The number of carboxylic acid groups (broad SMARTS) is 2. The Kier molecular flexibility index (Phi) is 5.14. The van der Waals surface area contributed by atoms with Gasteiger partial charge in [0.1, 0.15) is 0 Å². The summed E-state index contributed by atoms with van der Waals surface area (Å²) in [5.41, 5.74) is 0.153. The molecule has 0 spiro atoms. The van der Waals surface area contributed by atoms with E-state index in [1.165, 1.54) is 0 Å². The Morgan fingerprint density at radius 1 is 0.700 bits per heavy atom. The fraction of sp³-hybridized carbons (Fsp3) is 0.714. The quantitative estimate of drug-likeness (QED) is 0.756. The van der Waals surface area contributed by atoms with Crippen LogP contribution in [-0.2, 0) is 19.1 Å². The molecular weight excluding hydrogens is 264 g/mol. The Morgan fingerprint density at radius 2 is 1.00 bits per heavy atom. The van der Waals surface area contributed by atoms with Crippen molar-refractivity contribution in [2.75, 3.05) is 26.4 Å². The monoisotopic (exact) mass is 284 g/mol. The van der Waals surface area contributed by atoms with E-state index in [-0.39, 0.29) is 23.0 Å². The van der Waals surface area contributed by atoms with Crippen molar-refractivity contribution in [1.29, 1.82) is 0 Å². The fourth-order valence-electron chi connectivity index (χ4n) is 2.99. The molecule has 0 aromatic rings. The normalized spacial score (nSPS) is 23.2. The molecule has 6 nitrogen and oxygen atoms in total. The SMILES string of the molecule is O=C(O)/C(=C(\C(=O)O)C1CCOCC1)C1CCOCC1. The Labute approximate surface area is 117 Å². The summed E-state index contributed by atoms with van der Waals surface area (Å²) < 4.78 is 10.5. The van der Waals surface area contributed by atoms with Gasteiger partial charge >= 0.3 is 11.9 Å². The summed E-state index contributed by atoms with van der Waals surface area (Å²) in [6.07, 6.45) is 2.28. The van der Waals surface area contributed by atoms with Gasteiger partial charge in [0.05, 0.1) is 11.1 Å². The molecule has 0 saturated carbocycles. The molecule has 2 rings (SSSR count). The lowest BCUT2D eigenvalue weighted by Crippen LogP contribution is -2.29. The van der Waals surface area contributed by atoms with Crippen molar-refractivity contribution in [2.45, 2.75) is 25.7 Å². The number of carboxylic acids is 2. The van der Waals surface area contributed by atoms with Gasteiger partial charge in [-0.05, 0) is 37.5 Å². The molecule has 112 valence electrons. The predicted molar refractivity (Wildman–Crippen MR) is 69.4 cm³/mol. The van der Waals surface area contributed by atoms with Crippen molar-refractivity contribution in [3.63, 3.8) is 0 Å². The minimum absolute atomic E-state index is 0.0766. The van der Waals surface area contributed by atoms with Crippen molar-refractivity contribution in [3.05, 3.63) is 11.1 Å². The second-order valence-corrected chi connectivity index (χ2v) is 5.21. The zero-order valence-electron chi connectivity index (χ0n) is 11.3. The average Bonchev–Trinajstić information content (AvgIpc) is 2.45. The standard InChI is InChI=1S/C14H20O6/c15-13(16)11(9-1-5-19-6-2-9)12(14(17)18)10-3-7-20-8-4-10/h9-10H,1-8H2,(H,15,16)(H,17,18)/b12-11-. The Hall–Kier alpha value is -1.40. The number of ether oxygens (including phenoxy) is 2. The van der Waals surface area contributed by atoms with Crippen molar-refractivity contribution >= 4 is 11.9 Å². The van der Waals surface area contributed by atoms with Gasteiger partial charge in [-0.3, -0.25) is 0 Å². The highest BCUT2D eigenvalue weighted by Crippen LogP contribution is 2.33. The first-order chi connectivity index (χ1) is 9.61. The summed E-state index contributed by atoms with van der Waals surface area (Å²) in [4.78, 5) is 23.2. The highest BCUT2D eigenvalue weighted by molar-refractivity contribution is 5.99. The number of hydrogen-bond donors (Lipinski definition) is 2. The molecule has 2 aliphatic rings. The van der Waals surface area contributed by atoms with Crippen LogP contribution < -0.4 is 0 Å². The van der Waals surface area contributed by atoms with E-state index in [9.17, 15) is 19.8 Å². The van der Waals surface area contributed by atoms with Crippen molar-refractivity contribution in [1.82, 2.24) is 0 Å². The first-order valence-corrected chi connectivity index (χ1v) is 6.97. The van der Waals surface area contributed by atoms with E-state index in [4.69, 9.17) is 9.47 Å². The summed E-state index contributed by atoms with van der Waals surface area (Å²) in [7, 11) is 0. The van der Waals surface area contributed by atoms with Crippen LogP contribution in [0.1, 0.15) is 25.7 Å². The number of hydrogen-bond acceptors (Lipinski definition) is 4. The number of aliphatic carboxylic acids is 2. The van der Waals surface area contributed by atoms with Crippen molar-refractivity contribution in [2.24, 2.45) is 11.8 Å². The maximum Gasteiger partial charge on any atom is 0.332 e. The minimum atomic E-state index is -1.11. The first-order valence-electron chi connectivity index (χ1n) is 6.97. The van der Waals surface area contributed by atoms with Gasteiger partial charge in [-0.15, -0.1) is 0 Å². The number of rotatable bonds is 4. The van der Waals surface area contributed by atoms with Crippen LogP contribution in [0.25, 0.3) is 0 Å². The van der Waals surface area contributed by atoms with Gasteiger partial charge in [0, 0.05) is 26.4 Å². The van der Waals surface area contributed by atoms with E-state index in [1.807, 2.05) is 0 Å². The second kappa shape index (κ2) is 6.85. The van der Waals surface area contributed by atoms with Gasteiger partial charge in [-0.25, -0.2) is 9.59 Å². The van der Waals surface area contributed by atoms with E-state index in [0.29, 0.717) is 52.1 Å². The van der Waals surface area contributed by atoms with E-state index in [1.54, 1.807) is 0 Å². The molecule has 6 heteroatoms. The maximum atomic E-state index is 11.6. The van der Waals surface area contributed by atoms with Crippen molar-refractivity contribution in [3.8, 4) is 0 Å². The van der Waals surface area contributed by atoms with Crippen LogP contribution in [0.4, 0.5) is 0 Å².